The second-order valence-corrected chi connectivity index (χ2v) is 4.39. The summed E-state index contributed by atoms with van der Waals surface area (Å²) in [4.78, 5) is 12.8. The summed E-state index contributed by atoms with van der Waals surface area (Å²) in [7, 11) is 0. The number of carbonyl (C=O) groups is 1. The first-order valence-corrected chi connectivity index (χ1v) is 4.37. The molecule has 11 heavy (non-hydrogen) atoms. The lowest BCUT2D eigenvalue weighted by Crippen LogP contribution is -2.62. The third-order valence-corrected chi connectivity index (χ3v) is 3.06. The summed E-state index contributed by atoms with van der Waals surface area (Å²) in [6.45, 7) is 6.02. The van der Waals surface area contributed by atoms with Crippen LogP contribution < -0.4 is 0 Å². The molecule has 0 unspecified atom stereocenters. The molecule has 2 rings (SSSR count). The Labute approximate surface area is 67.6 Å². The van der Waals surface area contributed by atoms with Crippen LogP contribution in [0.2, 0.25) is 0 Å². The van der Waals surface area contributed by atoms with E-state index in [0.717, 1.165) is 19.0 Å². The van der Waals surface area contributed by atoms with E-state index in [9.17, 15) is 4.79 Å². The first kappa shape index (κ1) is 7.14. The van der Waals surface area contributed by atoms with Crippen molar-refractivity contribution in [3.63, 3.8) is 0 Å². The van der Waals surface area contributed by atoms with E-state index in [1.54, 1.807) is 6.92 Å². The maximum Gasteiger partial charge on any atom is 0.219 e. The van der Waals surface area contributed by atoms with Gasteiger partial charge in [0.25, 0.3) is 0 Å². The van der Waals surface area contributed by atoms with E-state index in [1.165, 1.54) is 12.8 Å². The van der Waals surface area contributed by atoms with E-state index >= 15 is 0 Å². The standard InChI is InChI=1S/C9H15NO/c1-7-3-9(4-7)5-10(6-9)8(2)11/h7H,3-6H2,1-2H3. The number of nitrogens with zero attached hydrogens (tertiary/aromatic N) is 1. The van der Waals surface area contributed by atoms with Crippen molar-refractivity contribution in [3.05, 3.63) is 0 Å². The van der Waals surface area contributed by atoms with Gasteiger partial charge in [0, 0.05) is 25.4 Å². The minimum atomic E-state index is 0.246. The van der Waals surface area contributed by atoms with Crippen LogP contribution in [0.1, 0.15) is 26.7 Å². The number of likely N-dealkylation sites (tertiary alicyclic amines) is 1. The molecule has 0 atom stereocenters. The number of hydrogen-bond donors (Lipinski definition) is 0. The highest BCUT2D eigenvalue weighted by molar-refractivity contribution is 5.74. The third kappa shape index (κ3) is 0.959. The van der Waals surface area contributed by atoms with Gasteiger partial charge in [-0.15, -0.1) is 0 Å². The van der Waals surface area contributed by atoms with Gasteiger partial charge in [-0.3, -0.25) is 4.79 Å². The molecular weight excluding hydrogens is 138 g/mol. The first-order valence-electron chi connectivity index (χ1n) is 4.37. The largest absolute Gasteiger partial charge is 0.342 e. The molecule has 0 aromatic carbocycles. The van der Waals surface area contributed by atoms with Crippen molar-refractivity contribution in [1.82, 2.24) is 4.90 Å². The second-order valence-electron chi connectivity index (χ2n) is 4.39. The molecule has 2 heteroatoms. The lowest BCUT2D eigenvalue weighted by atomic mass is 9.58. The van der Waals surface area contributed by atoms with Crippen LogP contribution in [-0.4, -0.2) is 23.9 Å². The molecule has 0 bridgehead atoms. The van der Waals surface area contributed by atoms with Crippen LogP contribution >= 0.6 is 0 Å². The van der Waals surface area contributed by atoms with E-state index in [-0.39, 0.29) is 5.91 Å². The van der Waals surface area contributed by atoms with E-state index < -0.39 is 0 Å². The molecule has 1 aliphatic heterocycles. The van der Waals surface area contributed by atoms with Gasteiger partial charge in [0.1, 0.15) is 0 Å². The van der Waals surface area contributed by atoms with Gasteiger partial charge in [-0.2, -0.15) is 0 Å². The van der Waals surface area contributed by atoms with Crippen molar-refractivity contribution < 1.29 is 4.79 Å². The van der Waals surface area contributed by atoms with E-state index in [1.807, 2.05) is 4.90 Å². The van der Waals surface area contributed by atoms with Gasteiger partial charge in [-0.1, -0.05) is 6.92 Å². The minimum Gasteiger partial charge on any atom is -0.342 e. The predicted molar refractivity (Wildman–Crippen MR) is 43.1 cm³/mol. The van der Waals surface area contributed by atoms with Crippen LogP contribution in [0.4, 0.5) is 0 Å². The highest BCUT2D eigenvalue weighted by Gasteiger charge is 2.51. The zero-order valence-corrected chi connectivity index (χ0v) is 7.26. The number of hydrogen-bond acceptors (Lipinski definition) is 1. The molecule has 0 N–H and O–H groups in total. The van der Waals surface area contributed by atoms with Crippen molar-refractivity contribution in [3.8, 4) is 0 Å². The van der Waals surface area contributed by atoms with Crippen LogP contribution in [0, 0.1) is 11.3 Å². The fourth-order valence-corrected chi connectivity index (χ4v) is 2.66. The van der Waals surface area contributed by atoms with Crippen molar-refractivity contribution in [2.24, 2.45) is 11.3 Å². The Morgan fingerprint density at radius 1 is 1.45 bits per heavy atom. The van der Waals surface area contributed by atoms with Crippen molar-refractivity contribution in [1.29, 1.82) is 0 Å². The topological polar surface area (TPSA) is 20.3 Å². The zero-order valence-electron chi connectivity index (χ0n) is 7.26. The van der Waals surface area contributed by atoms with Gasteiger partial charge < -0.3 is 4.90 Å². The molecule has 1 amide bonds. The summed E-state index contributed by atoms with van der Waals surface area (Å²) in [6, 6.07) is 0. The number of amides is 1. The molecule has 2 fully saturated rings. The predicted octanol–water partition coefficient (Wildman–Crippen LogP) is 1.26. The van der Waals surface area contributed by atoms with Crippen molar-refractivity contribution >= 4 is 5.91 Å². The monoisotopic (exact) mass is 153 g/mol. The molecule has 2 nitrogen and oxygen atoms in total. The average Bonchev–Trinajstić information content (AvgIpc) is 1.73. The third-order valence-electron chi connectivity index (χ3n) is 3.06. The Morgan fingerprint density at radius 2 is 2.00 bits per heavy atom. The van der Waals surface area contributed by atoms with E-state index in [4.69, 9.17) is 0 Å². The SMILES string of the molecule is CC(=O)N1CC2(CC(C)C2)C1. The van der Waals surface area contributed by atoms with Crippen LogP contribution in [0.15, 0.2) is 0 Å². The van der Waals surface area contributed by atoms with Gasteiger partial charge in [0.05, 0.1) is 0 Å². The summed E-state index contributed by atoms with van der Waals surface area (Å²) in [5, 5.41) is 0. The molecule has 0 aromatic heterocycles. The fraction of sp³-hybridized carbons (Fsp3) is 0.889. The van der Waals surface area contributed by atoms with Crippen LogP contribution in [0.5, 0.6) is 0 Å². The highest BCUT2D eigenvalue weighted by Crippen LogP contribution is 2.51. The van der Waals surface area contributed by atoms with Crippen LogP contribution in [-0.2, 0) is 4.79 Å². The lowest BCUT2D eigenvalue weighted by molar-refractivity contribution is -0.151. The zero-order chi connectivity index (χ0) is 8.06. The molecule has 1 aliphatic carbocycles. The van der Waals surface area contributed by atoms with Gasteiger partial charge >= 0.3 is 0 Å². The van der Waals surface area contributed by atoms with E-state index in [2.05, 4.69) is 6.92 Å². The molecule has 1 heterocycles. The molecule has 0 aromatic rings. The highest BCUT2D eigenvalue weighted by atomic mass is 16.2. The minimum absolute atomic E-state index is 0.246. The second kappa shape index (κ2) is 1.99. The van der Waals surface area contributed by atoms with Gasteiger partial charge in [0.15, 0.2) is 0 Å². The maximum absolute atomic E-state index is 10.9. The molecule has 0 radical (unpaired) electrons. The Hall–Kier alpha value is -0.530. The van der Waals surface area contributed by atoms with Gasteiger partial charge in [-0.05, 0) is 18.8 Å². The van der Waals surface area contributed by atoms with Crippen LogP contribution in [0.25, 0.3) is 0 Å². The number of rotatable bonds is 0. The summed E-state index contributed by atoms with van der Waals surface area (Å²) in [5.41, 5.74) is 0.574. The first-order chi connectivity index (χ1) is 5.11. The summed E-state index contributed by atoms with van der Waals surface area (Å²) < 4.78 is 0. The lowest BCUT2D eigenvalue weighted by Gasteiger charge is -2.58. The van der Waals surface area contributed by atoms with Crippen molar-refractivity contribution in [2.45, 2.75) is 26.7 Å². The summed E-state index contributed by atoms with van der Waals surface area (Å²) in [6.07, 6.45) is 2.69. The maximum atomic E-state index is 10.9. The van der Waals surface area contributed by atoms with Gasteiger partial charge in [-0.25, -0.2) is 0 Å². The molecule has 1 saturated heterocycles. The molecular formula is C9H15NO. The summed E-state index contributed by atoms with van der Waals surface area (Å²) >= 11 is 0. The molecule has 1 saturated carbocycles. The number of carbonyl (C=O) groups excluding carboxylic acids is 1. The smallest absolute Gasteiger partial charge is 0.219 e. The summed E-state index contributed by atoms with van der Waals surface area (Å²) in [5.74, 6) is 1.15. The van der Waals surface area contributed by atoms with Gasteiger partial charge in [0.2, 0.25) is 5.91 Å². The quantitative estimate of drug-likeness (QED) is 0.513. The normalized spacial score (nSPS) is 28.0. The Balaban J connectivity index is 1.84. The average molecular weight is 153 g/mol. The molecule has 62 valence electrons. The fourth-order valence-electron chi connectivity index (χ4n) is 2.66. The van der Waals surface area contributed by atoms with Crippen LogP contribution in [0.3, 0.4) is 0 Å². The van der Waals surface area contributed by atoms with Crippen molar-refractivity contribution in [2.75, 3.05) is 13.1 Å². The Kier molecular flexibility index (Phi) is 1.29. The van der Waals surface area contributed by atoms with E-state index in [0.29, 0.717) is 5.41 Å². The Bertz CT molecular complexity index is 186. The Morgan fingerprint density at radius 3 is 2.36 bits per heavy atom. The molecule has 1 spiro atoms. The molecule has 2 aliphatic rings.